The van der Waals surface area contributed by atoms with Gasteiger partial charge in [0, 0.05) is 12.5 Å². The number of rotatable bonds is 6. The highest BCUT2D eigenvalue weighted by Gasteiger charge is 2.16. The van der Waals surface area contributed by atoms with E-state index in [0.29, 0.717) is 6.61 Å². The standard InChI is InChI=1S/C15H21NO2/c1-4-8-16-13(10-17-3)14-9-12-7-5-6-11(2)15(12)18-14/h5-7,9,13,16H,4,8,10H2,1-3H3. The van der Waals surface area contributed by atoms with E-state index in [-0.39, 0.29) is 6.04 Å². The van der Waals surface area contributed by atoms with Gasteiger partial charge in [0.05, 0.1) is 12.6 Å². The molecule has 1 aromatic heterocycles. The molecular weight excluding hydrogens is 226 g/mol. The minimum Gasteiger partial charge on any atom is -0.459 e. The van der Waals surface area contributed by atoms with Gasteiger partial charge in [0.2, 0.25) is 0 Å². The molecule has 0 radical (unpaired) electrons. The molecular formula is C15H21NO2. The molecule has 1 N–H and O–H groups in total. The van der Waals surface area contributed by atoms with Crippen LogP contribution in [-0.2, 0) is 4.74 Å². The van der Waals surface area contributed by atoms with Crippen LogP contribution >= 0.6 is 0 Å². The number of hydrogen-bond acceptors (Lipinski definition) is 3. The van der Waals surface area contributed by atoms with Crippen molar-refractivity contribution >= 4 is 11.0 Å². The lowest BCUT2D eigenvalue weighted by Gasteiger charge is -2.14. The average Bonchev–Trinajstić information content (AvgIpc) is 2.80. The summed E-state index contributed by atoms with van der Waals surface area (Å²) in [5.41, 5.74) is 2.15. The maximum absolute atomic E-state index is 5.97. The van der Waals surface area contributed by atoms with E-state index < -0.39 is 0 Å². The van der Waals surface area contributed by atoms with Gasteiger partial charge in [-0.25, -0.2) is 0 Å². The number of hydrogen-bond donors (Lipinski definition) is 1. The fraction of sp³-hybridized carbons (Fsp3) is 0.467. The number of aryl methyl sites for hydroxylation is 1. The smallest absolute Gasteiger partial charge is 0.137 e. The molecule has 0 saturated heterocycles. The zero-order chi connectivity index (χ0) is 13.0. The van der Waals surface area contributed by atoms with Crippen molar-refractivity contribution in [1.29, 1.82) is 0 Å². The number of furan rings is 1. The summed E-state index contributed by atoms with van der Waals surface area (Å²) in [4.78, 5) is 0. The van der Waals surface area contributed by atoms with Crippen LogP contribution in [-0.4, -0.2) is 20.3 Å². The van der Waals surface area contributed by atoms with Crippen LogP contribution in [0, 0.1) is 6.92 Å². The summed E-state index contributed by atoms with van der Waals surface area (Å²) in [6, 6.07) is 8.44. The van der Waals surface area contributed by atoms with Gasteiger partial charge in [-0.15, -0.1) is 0 Å². The van der Waals surface area contributed by atoms with E-state index >= 15 is 0 Å². The van der Waals surface area contributed by atoms with E-state index in [1.165, 1.54) is 5.56 Å². The van der Waals surface area contributed by atoms with Crippen LogP contribution in [0.5, 0.6) is 0 Å². The minimum atomic E-state index is 0.127. The van der Waals surface area contributed by atoms with Crippen LogP contribution < -0.4 is 5.32 Å². The molecule has 2 aromatic rings. The first-order valence-corrected chi connectivity index (χ1v) is 6.47. The fourth-order valence-electron chi connectivity index (χ4n) is 2.13. The van der Waals surface area contributed by atoms with Gasteiger partial charge in [0.15, 0.2) is 0 Å². The monoisotopic (exact) mass is 247 g/mol. The average molecular weight is 247 g/mol. The second-order valence-corrected chi connectivity index (χ2v) is 4.60. The third kappa shape index (κ3) is 2.74. The van der Waals surface area contributed by atoms with Gasteiger partial charge in [-0.05, 0) is 31.5 Å². The van der Waals surface area contributed by atoms with E-state index in [1.54, 1.807) is 7.11 Å². The van der Waals surface area contributed by atoms with Crippen molar-refractivity contribution in [3.8, 4) is 0 Å². The lowest BCUT2D eigenvalue weighted by atomic mass is 10.1. The molecule has 98 valence electrons. The molecule has 0 fully saturated rings. The maximum atomic E-state index is 5.97. The Morgan fingerprint density at radius 2 is 2.22 bits per heavy atom. The summed E-state index contributed by atoms with van der Waals surface area (Å²) in [5.74, 6) is 0.953. The molecule has 2 rings (SSSR count). The number of fused-ring (bicyclic) bond motifs is 1. The van der Waals surface area contributed by atoms with Gasteiger partial charge in [0.25, 0.3) is 0 Å². The SMILES string of the molecule is CCCNC(COC)c1cc2cccc(C)c2o1. The molecule has 1 aromatic carbocycles. The molecule has 1 unspecified atom stereocenters. The highest BCUT2D eigenvalue weighted by Crippen LogP contribution is 2.26. The van der Waals surface area contributed by atoms with Crippen molar-refractivity contribution in [2.24, 2.45) is 0 Å². The Kier molecular flexibility index (Phi) is 4.39. The zero-order valence-corrected chi connectivity index (χ0v) is 11.3. The van der Waals surface area contributed by atoms with Crippen molar-refractivity contribution < 1.29 is 9.15 Å². The van der Waals surface area contributed by atoms with E-state index in [9.17, 15) is 0 Å². The lowest BCUT2D eigenvalue weighted by Crippen LogP contribution is -2.25. The fourth-order valence-corrected chi connectivity index (χ4v) is 2.13. The van der Waals surface area contributed by atoms with Gasteiger partial charge in [-0.3, -0.25) is 0 Å². The Morgan fingerprint density at radius 3 is 2.89 bits per heavy atom. The number of methoxy groups -OCH3 is 1. The highest BCUT2D eigenvalue weighted by molar-refractivity contribution is 5.80. The van der Waals surface area contributed by atoms with Crippen LogP contribution in [0.1, 0.15) is 30.7 Å². The van der Waals surface area contributed by atoms with Crippen LogP contribution in [0.3, 0.4) is 0 Å². The summed E-state index contributed by atoms with van der Waals surface area (Å²) in [7, 11) is 1.72. The summed E-state index contributed by atoms with van der Waals surface area (Å²) in [5, 5.41) is 4.61. The second-order valence-electron chi connectivity index (χ2n) is 4.60. The van der Waals surface area contributed by atoms with Crippen molar-refractivity contribution in [2.45, 2.75) is 26.3 Å². The molecule has 18 heavy (non-hydrogen) atoms. The summed E-state index contributed by atoms with van der Waals surface area (Å²) in [6.07, 6.45) is 1.10. The van der Waals surface area contributed by atoms with Crippen molar-refractivity contribution in [3.05, 3.63) is 35.6 Å². The largest absolute Gasteiger partial charge is 0.459 e. The van der Waals surface area contributed by atoms with Crippen molar-refractivity contribution in [2.75, 3.05) is 20.3 Å². The van der Waals surface area contributed by atoms with Crippen LogP contribution in [0.15, 0.2) is 28.7 Å². The van der Waals surface area contributed by atoms with E-state index in [2.05, 4.69) is 43.4 Å². The van der Waals surface area contributed by atoms with Gasteiger partial charge >= 0.3 is 0 Å². The van der Waals surface area contributed by atoms with Gasteiger partial charge in [-0.1, -0.05) is 25.1 Å². The first-order valence-electron chi connectivity index (χ1n) is 6.47. The normalized spacial score (nSPS) is 13.1. The number of nitrogens with one attached hydrogen (secondary N) is 1. The van der Waals surface area contributed by atoms with Gasteiger partial charge < -0.3 is 14.5 Å². The maximum Gasteiger partial charge on any atom is 0.137 e. The Morgan fingerprint density at radius 1 is 1.39 bits per heavy atom. The van der Waals surface area contributed by atoms with E-state index in [1.807, 2.05) is 0 Å². The minimum absolute atomic E-state index is 0.127. The number of ether oxygens (including phenoxy) is 1. The summed E-state index contributed by atoms with van der Waals surface area (Å²) >= 11 is 0. The Hall–Kier alpha value is -1.32. The van der Waals surface area contributed by atoms with Crippen molar-refractivity contribution in [1.82, 2.24) is 5.32 Å². The van der Waals surface area contributed by atoms with E-state index in [4.69, 9.17) is 9.15 Å². The Labute approximate surface area is 108 Å². The van der Waals surface area contributed by atoms with E-state index in [0.717, 1.165) is 29.7 Å². The first kappa shape index (κ1) is 13.1. The molecule has 0 aliphatic carbocycles. The molecule has 1 heterocycles. The van der Waals surface area contributed by atoms with Gasteiger partial charge in [-0.2, -0.15) is 0 Å². The molecule has 1 atom stereocenters. The highest BCUT2D eigenvalue weighted by atomic mass is 16.5. The Bertz CT molecular complexity index is 504. The van der Waals surface area contributed by atoms with Gasteiger partial charge in [0.1, 0.15) is 11.3 Å². The molecule has 0 bridgehead atoms. The van der Waals surface area contributed by atoms with Crippen LogP contribution in [0.25, 0.3) is 11.0 Å². The predicted octanol–water partition coefficient (Wildman–Crippen LogP) is 3.43. The summed E-state index contributed by atoms with van der Waals surface area (Å²) in [6.45, 7) is 5.81. The number of benzene rings is 1. The molecule has 0 amide bonds. The quantitative estimate of drug-likeness (QED) is 0.849. The van der Waals surface area contributed by atoms with Crippen molar-refractivity contribution in [3.63, 3.8) is 0 Å². The molecule has 0 spiro atoms. The molecule has 3 heteroatoms. The number of para-hydroxylation sites is 1. The topological polar surface area (TPSA) is 34.4 Å². The molecule has 0 aliphatic heterocycles. The molecule has 3 nitrogen and oxygen atoms in total. The Balaban J connectivity index is 2.29. The third-order valence-corrected chi connectivity index (χ3v) is 3.08. The predicted molar refractivity (Wildman–Crippen MR) is 73.9 cm³/mol. The third-order valence-electron chi connectivity index (χ3n) is 3.08. The van der Waals surface area contributed by atoms with Crippen LogP contribution in [0.4, 0.5) is 0 Å². The molecule has 0 aliphatic rings. The molecule has 0 saturated carbocycles. The summed E-state index contributed by atoms with van der Waals surface area (Å²) < 4.78 is 11.2. The second kappa shape index (κ2) is 6.03. The first-order chi connectivity index (χ1) is 8.76. The zero-order valence-electron chi connectivity index (χ0n) is 11.3. The lowest BCUT2D eigenvalue weighted by molar-refractivity contribution is 0.158. The van der Waals surface area contributed by atoms with Crippen LogP contribution in [0.2, 0.25) is 0 Å².